The summed E-state index contributed by atoms with van der Waals surface area (Å²) in [5.74, 6) is 3.93. The number of aryl methyl sites for hydroxylation is 1. The van der Waals surface area contributed by atoms with Crippen molar-refractivity contribution in [1.29, 1.82) is 0 Å². The molecule has 2 atom stereocenters. The molecule has 0 bridgehead atoms. The fourth-order valence-corrected chi connectivity index (χ4v) is 3.14. The van der Waals surface area contributed by atoms with Crippen LogP contribution in [0, 0.1) is 11.8 Å². The molecule has 0 aromatic carbocycles. The highest BCUT2D eigenvalue weighted by Gasteiger charge is 2.55. The van der Waals surface area contributed by atoms with Crippen molar-refractivity contribution in [2.75, 3.05) is 0 Å². The Balaban J connectivity index is 1.80. The van der Waals surface area contributed by atoms with Gasteiger partial charge in [-0.25, -0.2) is 0 Å². The van der Waals surface area contributed by atoms with Gasteiger partial charge < -0.3 is 4.57 Å². The van der Waals surface area contributed by atoms with Crippen LogP contribution in [0.15, 0.2) is 6.33 Å². The second-order valence-electron chi connectivity index (χ2n) is 4.67. The van der Waals surface area contributed by atoms with E-state index < -0.39 is 0 Å². The molecule has 2 aliphatic rings. The largest absolute Gasteiger partial charge is 0.317 e. The van der Waals surface area contributed by atoms with Crippen molar-refractivity contribution >= 4 is 0 Å². The van der Waals surface area contributed by atoms with Crippen molar-refractivity contribution in [2.45, 2.75) is 45.1 Å². The number of nitrogens with zero attached hydrogens (tertiary/aromatic N) is 3. The summed E-state index contributed by atoms with van der Waals surface area (Å²) in [4.78, 5) is 0. The number of fused-ring (bicyclic) bond motifs is 1. The first-order chi connectivity index (χ1) is 6.92. The highest BCUT2D eigenvalue weighted by molar-refractivity contribution is 5.17. The fourth-order valence-electron chi connectivity index (χ4n) is 3.14. The Labute approximate surface area is 84.5 Å². The topological polar surface area (TPSA) is 30.7 Å². The van der Waals surface area contributed by atoms with Gasteiger partial charge in [-0.1, -0.05) is 13.3 Å². The Morgan fingerprint density at radius 3 is 2.93 bits per heavy atom. The highest BCUT2D eigenvalue weighted by Crippen LogP contribution is 2.62. The average Bonchev–Trinajstić information content (AvgIpc) is 2.63. The molecule has 0 aliphatic heterocycles. The van der Waals surface area contributed by atoms with Crippen LogP contribution in [-0.2, 0) is 6.54 Å². The normalized spacial score (nSPS) is 34.5. The van der Waals surface area contributed by atoms with Crippen LogP contribution < -0.4 is 0 Å². The van der Waals surface area contributed by atoms with Gasteiger partial charge in [0.15, 0.2) is 0 Å². The Hall–Kier alpha value is -0.860. The molecule has 1 aromatic rings. The van der Waals surface area contributed by atoms with Crippen molar-refractivity contribution in [2.24, 2.45) is 11.8 Å². The number of hydrogen-bond donors (Lipinski definition) is 0. The Bertz CT molecular complexity index is 321. The van der Waals surface area contributed by atoms with Gasteiger partial charge in [0, 0.05) is 12.5 Å². The molecule has 2 saturated carbocycles. The molecule has 2 fully saturated rings. The van der Waals surface area contributed by atoms with E-state index >= 15 is 0 Å². The zero-order chi connectivity index (χ0) is 9.54. The first-order valence-electron chi connectivity index (χ1n) is 5.79. The predicted octanol–water partition coefficient (Wildman–Crippen LogP) is 2.20. The second kappa shape index (κ2) is 3.07. The smallest absolute Gasteiger partial charge is 0.136 e. The van der Waals surface area contributed by atoms with Gasteiger partial charge in [0.25, 0.3) is 0 Å². The maximum absolute atomic E-state index is 4.29. The molecule has 0 amide bonds. The van der Waals surface area contributed by atoms with Crippen molar-refractivity contribution in [3.8, 4) is 0 Å². The molecule has 1 aromatic heterocycles. The Morgan fingerprint density at radius 2 is 2.21 bits per heavy atom. The highest BCUT2D eigenvalue weighted by atomic mass is 15.3. The average molecular weight is 191 g/mol. The van der Waals surface area contributed by atoms with E-state index in [0.29, 0.717) is 0 Å². The van der Waals surface area contributed by atoms with Crippen LogP contribution >= 0.6 is 0 Å². The molecule has 1 heterocycles. The van der Waals surface area contributed by atoms with Crippen LogP contribution in [0.1, 0.15) is 44.3 Å². The van der Waals surface area contributed by atoms with Crippen molar-refractivity contribution in [1.82, 2.24) is 14.8 Å². The van der Waals surface area contributed by atoms with Crippen molar-refractivity contribution in [3.05, 3.63) is 12.2 Å². The summed E-state index contributed by atoms with van der Waals surface area (Å²) in [6.07, 6.45) is 7.36. The van der Waals surface area contributed by atoms with Crippen molar-refractivity contribution < 1.29 is 0 Å². The Kier molecular flexibility index (Phi) is 1.85. The quantitative estimate of drug-likeness (QED) is 0.733. The van der Waals surface area contributed by atoms with Gasteiger partial charge in [0.2, 0.25) is 0 Å². The molecule has 2 unspecified atom stereocenters. The van der Waals surface area contributed by atoms with Crippen LogP contribution in [0.25, 0.3) is 0 Å². The third-order valence-corrected chi connectivity index (χ3v) is 3.81. The van der Waals surface area contributed by atoms with Crippen LogP contribution in [0.2, 0.25) is 0 Å². The van der Waals surface area contributed by atoms with Gasteiger partial charge in [-0.2, -0.15) is 0 Å². The van der Waals surface area contributed by atoms with Crippen LogP contribution in [0.5, 0.6) is 0 Å². The standard InChI is InChI=1S/C11H17N3/c1-2-6-14-7-12-13-11(14)10-8-4-3-5-9(8)10/h7-10H,2-6H2,1H3. The van der Waals surface area contributed by atoms with Gasteiger partial charge in [0.1, 0.15) is 12.2 Å². The minimum absolute atomic E-state index is 0.762. The van der Waals surface area contributed by atoms with Gasteiger partial charge in [-0.05, 0) is 31.1 Å². The monoisotopic (exact) mass is 191 g/mol. The molecule has 3 heteroatoms. The van der Waals surface area contributed by atoms with Crippen LogP contribution in [0.3, 0.4) is 0 Å². The molecule has 0 saturated heterocycles. The first-order valence-corrected chi connectivity index (χ1v) is 5.79. The maximum Gasteiger partial charge on any atom is 0.136 e. The maximum atomic E-state index is 4.29. The van der Waals surface area contributed by atoms with E-state index in [1.54, 1.807) is 0 Å². The minimum atomic E-state index is 0.762. The molecule has 3 nitrogen and oxygen atoms in total. The van der Waals surface area contributed by atoms with E-state index in [4.69, 9.17) is 0 Å². The SMILES string of the molecule is CCCn1cnnc1C1C2CCCC21. The third kappa shape index (κ3) is 1.11. The molecular weight excluding hydrogens is 174 g/mol. The minimum Gasteiger partial charge on any atom is -0.317 e. The lowest BCUT2D eigenvalue weighted by atomic mass is 10.1. The molecule has 14 heavy (non-hydrogen) atoms. The summed E-state index contributed by atoms with van der Waals surface area (Å²) < 4.78 is 2.25. The lowest BCUT2D eigenvalue weighted by Gasteiger charge is -2.05. The summed E-state index contributed by atoms with van der Waals surface area (Å²) >= 11 is 0. The van der Waals surface area contributed by atoms with E-state index in [2.05, 4.69) is 21.7 Å². The van der Waals surface area contributed by atoms with E-state index in [-0.39, 0.29) is 0 Å². The molecule has 3 rings (SSSR count). The summed E-state index contributed by atoms with van der Waals surface area (Å²) in [6.45, 7) is 3.29. The molecular formula is C11H17N3. The van der Waals surface area contributed by atoms with Crippen LogP contribution in [0.4, 0.5) is 0 Å². The number of hydrogen-bond acceptors (Lipinski definition) is 2. The van der Waals surface area contributed by atoms with E-state index in [0.717, 1.165) is 24.3 Å². The predicted molar refractivity (Wildman–Crippen MR) is 53.9 cm³/mol. The summed E-state index contributed by atoms with van der Waals surface area (Å²) in [7, 11) is 0. The summed E-state index contributed by atoms with van der Waals surface area (Å²) in [5.41, 5.74) is 0. The summed E-state index contributed by atoms with van der Waals surface area (Å²) in [6, 6.07) is 0. The molecule has 76 valence electrons. The fraction of sp³-hybridized carbons (Fsp3) is 0.818. The summed E-state index contributed by atoms with van der Waals surface area (Å²) in [5, 5.41) is 8.33. The van der Waals surface area contributed by atoms with Crippen LogP contribution in [-0.4, -0.2) is 14.8 Å². The first kappa shape index (κ1) is 8.45. The molecule has 0 spiro atoms. The van der Waals surface area contributed by atoms with Gasteiger partial charge >= 0.3 is 0 Å². The zero-order valence-corrected chi connectivity index (χ0v) is 8.69. The van der Waals surface area contributed by atoms with Gasteiger partial charge in [0.05, 0.1) is 0 Å². The Morgan fingerprint density at radius 1 is 1.43 bits per heavy atom. The van der Waals surface area contributed by atoms with E-state index in [1.807, 2.05) is 6.33 Å². The molecule has 2 aliphatic carbocycles. The molecule has 0 radical (unpaired) electrons. The van der Waals surface area contributed by atoms with Gasteiger partial charge in [-0.15, -0.1) is 10.2 Å². The lowest BCUT2D eigenvalue weighted by Crippen LogP contribution is -2.03. The number of aromatic nitrogens is 3. The van der Waals surface area contributed by atoms with E-state index in [1.165, 1.54) is 31.5 Å². The zero-order valence-electron chi connectivity index (χ0n) is 8.69. The number of rotatable bonds is 3. The van der Waals surface area contributed by atoms with Gasteiger partial charge in [-0.3, -0.25) is 0 Å². The second-order valence-corrected chi connectivity index (χ2v) is 4.67. The third-order valence-electron chi connectivity index (χ3n) is 3.81. The lowest BCUT2D eigenvalue weighted by molar-refractivity contribution is 0.590. The molecule has 0 N–H and O–H groups in total. The van der Waals surface area contributed by atoms with Crippen molar-refractivity contribution in [3.63, 3.8) is 0 Å². The van der Waals surface area contributed by atoms with E-state index in [9.17, 15) is 0 Å².